The molecule has 0 heteroatoms. The van der Waals surface area contributed by atoms with Gasteiger partial charge < -0.3 is 0 Å². The third-order valence-electron chi connectivity index (χ3n) is 5.26. The van der Waals surface area contributed by atoms with Gasteiger partial charge in [0.25, 0.3) is 0 Å². The van der Waals surface area contributed by atoms with E-state index < -0.39 is 0 Å². The van der Waals surface area contributed by atoms with Gasteiger partial charge in [-0.15, -0.1) is 0 Å². The molecule has 0 amide bonds. The summed E-state index contributed by atoms with van der Waals surface area (Å²) in [5, 5.41) is 0. The third kappa shape index (κ3) is 1.58. The number of hydrogen-bond donors (Lipinski definition) is 0. The first kappa shape index (κ1) is 13.3. The van der Waals surface area contributed by atoms with E-state index in [4.69, 9.17) is 0 Å². The summed E-state index contributed by atoms with van der Waals surface area (Å²) >= 11 is 0. The fourth-order valence-corrected chi connectivity index (χ4v) is 3.89. The normalized spacial score (nSPS) is 19.0. The minimum atomic E-state index is -0.00597. The van der Waals surface area contributed by atoms with Crippen LogP contribution in [-0.2, 0) is 11.8 Å². The fraction of sp³-hybridized carbons (Fsp3) is 0.182. The summed E-state index contributed by atoms with van der Waals surface area (Å²) in [6.07, 6.45) is 5.01. The Bertz CT molecular complexity index is 860. The molecule has 0 unspecified atom stereocenters. The van der Waals surface area contributed by atoms with Crippen molar-refractivity contribution in [2.75, 3.05) is 0 Å². The highest BCUT2D eigenvalue weighted by Crippen LogP contribution is 2.51. The Morgan fingerprint density at radius 3 is 2.55 bits per heavy atom. The summed E-state index contributed by atoms with van der Waals surface area (Å²) in [5.41, 5.74) is 10.8. The Labute approximate surface area is 132 Å². The lowest BCUT2D eigenvalue weighted by molar-refractivity contribution is 0.662. The van der Waals surface area contributed by atoms with Crippen molar-refractivity contribution >= 4 is 5.57 Å². The second-order valence-corrected chi connectivity index (χ2v) is 6.81. The number of fused-ring (bicyclic) bond motifs is 4. The Morgan fingerprint density at radius 2 is 1.77 bits per heavy atom. The number of allylic oxidation sites excluding steroid dienone is 4. The van der Waals surface area contributed by atoms with E-state index in [-0.39, 0.29) is 5.41 Å². The molecule has 0 bridgehead atoms. The lowest BCUT2D eigenvalue weighted by Gasteiger charge is -2.21. The highest BCUT2D eigenvalue weighted by Gasteiger charge is 2.38. The van der Waals surface area contributed by atoms with Crippen LogP contribution >= 0.6 is 0 Å². The summed E-state index contributed by atoms with van der Waals surface area (Å²) in [6, 6.07) is 13.5. The van der Waals surface area contributed by atoms with Crippen molar-refractivity contribution in [3.05, 3.63) is 89.5 Å². The predicted molar refractivity (Wildman–Crippen MR) is 95.0 cm³/mol. The van der Waals surface area contributed by atoms with E-state index in [1.54, 1.807) is 0 Å². The van der Waals surface area contributed by atoms with Crippen molar-refractivity contribution in [2.24, 2.45) is 0 Å². The van der Waals surface area contributed by atoms with Gasteiger partial charge in [0.2, 0.25) is 0 Å². The maximum absolute atomic E-state index is 4.35. The van der Waals surface area contributed by atoms with Gasteiger partial charge in [0.05, 0.1) is 0 Å². The molecule has 0 atom stereocenters. The predicted octanol–water partition coefficient (Wildman–Crippen LogP) is 5.67. The maximum atomic E-state index is 4.35. The molecule has 0 fully saturated rings. The molecule has 2 aromatic rings. The number of benzene rings is 2. The Hall–Kier alpha value is -2.34. The summed E-state index contributed by atoms with van der Waals surface area (Å²) in [5.74, 6) is 0. The molecule has 2 aromatic carbocycles. The number of rotatable bonds is 1. The van der Waals surface area contributed by atoms with Gasteiger partial charge in [0, 0.05) is 5.41 Å². The minimum Gasteiger partial charge on any atom is -0.0990 e. The molecule has 0 saturated heterocycles. The first-order valence-electron chi connectivity index (χ1n) is 7.82. The minimum absolute atomic E-state index is 0.00597. The molecule has 0 aliphatic heterocycles. The molecule has 0 radical (unpaired) electrons. The maximum Gasteiger partial charge on any atom is 0.0153 e. The van der Waals surface area contributed by atoms with Crippen LogP contribution in [0, 0.1) is 0 Å². The highest BCUT2D eigenvalue weighted by molar-refractivity contribution is 5.93. The topological polar surface area (TPSA) is 0 Å². The molecule has 0 saturated carbocycles. The second kappa shape index (κ2) is 4.33. The summed E-state index contributed by atoms with van der Waals surface area (Å²) in [4.78, 5) is 0. The smallest absolute Gasteiger partial charge is 0.0153 e. The van der Waals surface area contributed by atoms with E-state index >= 15 is 0 Å². The standard InChI is InChI=1S/C22H20/c1-5-8-17-14(2)22(3,4)21-12-16-11-15-9-6-7-10-18(15)19(16)13-20(17)21/h5-10,12-13H,1-2,11H2,3-4H3/b17-8+. The van der Waals surface area contributed by atoms with Crippen LogP contribution in [0.4, 0.5) is 0 Å². The average molecular weight is 284 g/mol. The Balaban J connectivity index is 2.01. The quantitative estimate of drug-likeness (QED) is 0.539. The van der Waals surface area contributed by atoms with Gasteiger partial charge in [0.15, 0.2) is 0 Å². The van der Waals surface area contributed by atoms with Gasteiger partial charge in [0.1, 0.15) is 0 Å². The molecular formula is C22H20. The van der Waals surface area contributed by atoms with E-state index in [1.165, 1.54) is 44.5 Å². The fourth-order valence-electron chi connectivity index (χ4n) is 3.89. The number of hydrogen-bond acceptors (Lipinski definition) is 0. The van der Waals surface area contributed by atoms with Crippen molar-refractivity contribution in [1.82, 2.24) is 0 Å². The third-order valence-corrected chi connectivity index (χ3v) is 5.26. The molecule has 4 rings (SSSR count). The molecule has 2 aliphatic carbocycles. The molecule has 0 spiro atoms. The van der Waals surface area contributed by atoms with Crippen molar-refractivity contribution in [3.8, 4) is 11.1 Å². The van der Waals surface area contributed by atoms with Crippen LogP contribution in [0.15, 0.2) is 67.3 Å². The zero-order valence-electron chi connectivity index (χ0n) is 13.2. The van der Waals surface area contributed by atoms with Gasteiger partial charge >= 0.3 is 0 Å². The largest absolute Gasteiger partial charge is 0.0990 e. The average Bonchev–Trinajstić information content (AvgIpc) is 2.95. The summed E-state index contributed by atoms with van der Waals surface area (Å²) in [6.45, 7) is 12.8. The molecule has 22 heavy (non-hydrogen) atoms. The molecule has 2 aliphatic rings. The van der Waals surface area contributed by atoms with Gasteiger partial charge in [-0.05, 0) is 57.0 Å². The van der Waals surface area contributed by atoms with E-state index in [0.29, 0.717) is 0 Å². The molecule has 0 N–H and O–H groups in total. The van der Waals surface area contributed by atoms with E-state index in [0.717, 1.165) is 6.42 Å². The second-order valence-electron chi connectivity index (χ2n) is 6.81. The van der Waals surface area contributed by atoms with Crippen molar-refractivity contribution in [3.63, 3.8) is 0 Å². The highest BCUT2D eigenvalue weighted by atomic mass is 14.4. The first-order valence-corrected chi connectivity index (χ1v) is 7.82. The molecule has 0 nitrogen and oxygen atoms in total. The lowest BCUT2D eigenvalue weighted by Crippen LogP contribution is -2.14. The van der Waals surface area contributed by atoms with Crippen LogP contribution in [0.2, 0.25) is 0 Å². The van der Waals surface area contributed by atoms with Gasteiger partial charge in [-0.2, -0.15) is 0 Å². The molecule has 0 heterocycles. The lowest BCUT2D eigenvalue weighted by atomic mass is 9.82. The SMILES string of the molecule is C=C/C=C1\C(=C)C(C)(C)c2cc3c(cc21)-c1ccccc1C3. The Kier molecular flexibility index (Phi) is 2.62. The van der Waals surface area contributed by atoms with Crippen molar-refractivity contribution in [1.29, 1.82) is 0 Å². The molecule has 108 valence electrons. The van der Waals surface area contributed by atoms with Crippen LogP contribution in [-0.4, -0.2) is 0 Å². The van der Waals surface area contributed by atoms with Gasteiger partial charge in [-0.25, -0.2) is 0 Å². The van der Waals surface area contributed by atoms with Crippen LogP contribution in [0.25, 0.3) is 16.7 Å². The van der Waals surface area contributed by atoms with Crippen LogP contribution in [0.3, 0.4) is 0 Å². The Morgan fingerprint density at radius 1 is 1.00 bits per heavy atom. The van der Waals surface area contributed by atoms with Crippen molar-refractivity contribution in [2.45, 2.75) is 25.7 Å². The zero-order valence-corrected chi connectivity index (χ0v) is 13.2. The summed E-state index contributed by atoms with van der Waals surface area (Å²) in [7, 11) is 0. The van der Waals surface area contributed by atoms with E-state index in [2.05, 4.69) is 69.5 Å². The zero-order chi connectivity index (χ0) is 15.5. The van der Waals surface area contributed by atoms with Gasteiger partial charge in [-0.1, -0.05) is 69.5 Å². The molecular weight excluding hydrogens is 264 g/mol. The summed E-state index contributed by atoms with van der Waals surface area (Å²) < 4.78 is 0. The van der Waals surface area contributed by atoms with Crippen LogP contribution in [0.5, 0.6) is 0 Å². The molecule has 0 aromatic heterocycles. The van der Waals surface area contributed by atoms with E-state index in [1.807, 2.05) is 6.08 Å². The monoisotopic (exact) mass is 284 g/mol. The van der Waals surface area contributed by atoms with Crippen LogP contribution in [0.1, 0.15) is 36.1 Å². The van der Waals surface area contributed by atoms with Crippen molar-refractivity contribution < 1.29 is 0 Å². The van der Waals surface area contributed by atoms with Crippen LogP contribution < -0.4 is 0 Å². The first-order chi connectivity index (χ1) is 10.5. The van der Waals surface area contributed by atoms with Gasteiger partial charge in [-0.3, -0.25) is 0 Å². The van der Waals surface area contributed by atoms with E-state index in [9.17, 15) is 0 Å².